The van der Waals surface area contributed by atoms with Crippen LogP contribution in [0, 0.1) is 17.8 Å². The molecule has 2 N–H and O–H groups in total. The van der Waals surface area contributed by atoms with Crippen LogP contribution < -0.4 is 5.73 Å². The first-order chi connectivity index (χ1) is 8.69. The quantitative estimate of drug-likeness (QED) is 0.838. The van der Waals surface area contributed by atoms with Crippen LogP contribution >= 0.6 is 0 Å². The molecule has 1 unspecified atom stereocenters. The molecule has 0 spiro atoms. The van der Waals surface area contributed by atoms with E-state index in [9.17, 15) is 4.79 Å². The molecule has 1 aliphatic heterocycles. The van der Waals surface area contributed by atoms with E-state index in [2.05, 4.69) is 11.8 Å². The standard InChI is InChI=1S/C15H28N2O/c1-12-3-2-8-17(11-12)15(18)9-13-4-6-14(10-16)7-5-13/h12-14H,2-11,16H2,1H3. The van der Waals surface area contributed by atoms with Gasteiger partial charge in [0.15, 0.2) is 0 Å². The summed E-state index contributed by atoms with van der Waals surface area (Å²) in [5, 5.41) is 0. The van der Waals surface area contributed by atoms with Crippen molar-refractivity contribution in [2.24, 2.45) is 23.5 Å². The molecule has 104 valence electrons. The van der Waals surface area contributed by atoms with Crippen molar-refractivity contribution >= 4 is 5.91 Å². The van der Waals surface area contributed by atoms with Gasteiger partial charge in [-0.15, -0.1) is 0 Å². The lowest BCUT2D eigenvalue weighted by molar-refractivity contribution is -0.134. The third-order valence-electron chi connectivity index (χ3n) is 4.77. The van der Waals surface area contributed by atoms with Crippen molar-refractivity contribution in [2.75, 3.05) is 19.6 Å². The predicted molar refractivity (Wildman–Crippen MR) is 74.1 cm³/mol. The summed E-state index contributed by atoms with van der Waals surface area (Å²) in [6, 6.07) is 0. The first kappa shape index (κ1) is 13.9. The first-order valence-electron chi connectivity index (χ1n) is 7.67. The molecule has 1 atom stereocenters. The van der Waals surface area contributed by atoms with E-state index in [1.807, 2.05) is 0 Å². The van der Waals surface area contributed by atoms with Crippen molar-refractivity contribution in [2.45, 2.75) is 51.9 Å². The SMILES string of the molecule is CC1CCCN(C(=O)CC2CCC(CN)CC2)C1. The Morgan fingerprint density at radius 1 is 1.17 bits per heavy atom. The monoisotopic (exact) mass is 252 g/mol. The summed E-state index contributed by atoms with van der Waals surface area (Å²) in [6.07, 6.45) is 8.12. The number of nitrogens with zero attached hydrogens (tertiary/aromatic N) is 1. The zero-order chi connectivity index (χ0) is 13.0. The normalized spacial score (nSPS) is 33.4. The van der Waals surface area contributed by atoms with Crippen molar-refractivity contribution in [1.82, 2.24) is 4.90 Å². The molecule has 0 aromatic heterocycles. The molecule has 1 amide bonds. The number of carbonyl (C=O) groups excluding carboxylic acids is 1. The second kappa shape index (κ2) is 6.55. The maximum absolute atomic E-state index is 12.3. The number of hydrogen-bond acceptors (Lipinski definition) is 2. The third-order valence-corrected chi connectivity index (χ3v) is 4.77. The molecule has 0 bridgehead atoms. The number of nitrogens with two attached hydrogens (primary N) is 1. The molecule has 3 nitrogen and oxygen atoms in total. The van der Waals surface area contributed by atoms with Crippen molar-refractivity contribution in [3.05, 3.63) is 0 Å². The average molecular weight is 252 g/mol. The molecule has 18 heavy (non-hydrogen) atoms. The highest BCUT2D eigenvalue weighted by Crippen LogP contribution is 2.31. The molecule has 1 saturated carbocycles. The van der Waals surface area contributed by atoms with Crippen molar-refractivity contribution in [3.8, 4) is 0 Å². The second-order valence-electron chi connectivity index (χ2n) is 6.41. The van der Waals surface area contributed by atoms with Gasteiger partial charge in [0.1, 0.15) is 0 Å². The smallest absolute Gasteiger partial charge is 0.222 e. The maximum atomic E-state index is 12.3. The minimum Gasteiger partial charge on any atom is -0.342 e. The summed E-state index contributed by atoms with van der Waals surface area (Å²) in [7, 11) is 0. The van der Waals surface area contributed by atoms with Gasteiger partial charge in [-0.2, -0.15) is 0 Å². The van der Waals surface area contributed by atoms with E-state index in [4.69, 9.17) is 5.73 Å². The summed E-state index contributed by atoms with van der Waals surface area (Å²) in [5.41, 5.74) is 5.71. The Labute approximate surface area is 111 Å². The fraction of sp³-hybridized carbons (Fsp3) is 0.933. The zero-order valence-electron chi connectivity index (χ0n) is 11.7. The lowest BCUT2D eigenvalue weighted by Gasteiger charge is -2.33. The molecule has 1 saturated heterocycles. The number of rotatable bonds is 3. The van der Waals surface area contributed by atoms with Gasteiger partial charge in [-0.3, -0.25) is 4.79 Å². The fourth-order valence-electron chi connectivity index (χ4n) is 3.46. The minimum absolute atomic E-state index is 0.401. The highest BCUT2D eigenvalue weighted by atomic mass is 16.2. The summed E-state index contributed by atoms with van der Waals surface area (Å²) >= 11 is 0. The molecule has 3 heteroatoms. The van der Waals surface area contributed by atoms with Gasteiger partial charge in [0.05, 0.1) is 0 Å². The van der Waals surface area contributed by atoms with Gasteiger partial charge in [0.2, 0.25) is 5.91 Å². The van der Waals surface area contributed by atoms with E-state index in [1.165, 1.54) is 38.5 Å². The Bertz CT molecular complexity index is 272. The molecule has 2 rings (SSSR count). The lowest BCUT2D eigenvalue weighted by Crippen LogP contribution is -2.40. The van der Waals surface area contributed by atoms with E-state index < -0.39 is 0 Å². The molecular formula is C15H28N2O. The van der Waals surface area contributed by atoms with Gasteiger partial charge in [-0.05, 0) is 62.8 Å². The molecule has 2 aliphatic rings. The van der Waals surface area contributed by atoms with Crippen molar-refractivity contribution in [3.63, 3.8) is 0 Å². The van der Waals surface area contributed by atoms with E-state index >= 15 is 0 Å². The number of amides is 1. The van der Waals surface area contributed by atoms with Crippen molar-refractivity contribution in [1.29, 1.82) is 0 Å². The predicted octanol–water partition coefficient (Wildman–Crippen LogP) is 2.40. The highest BCUT2D eigenvalue weighted by molar-refractivity contribution is 5.76. The van der Waals surface area contributed by atoms with E-state index in [-0.39, 0.29) is 0 Å². The Hall–Kier alpha value is -0.570. The number of hydrogen-bond donors (Lipinski definition) is 1. The Kier molecular flexibility index (Phi) is 5.04. The van der Waals surface area contributed by atoms with Gasteiger partial charge >= 0.3 is 0 Å². The third kappa shape index (κ3) is 3.71. The van der Waals surface area contributed by atoms with Crippen LogP contribution in [0.25, 0.3) is 0 Å². The van der Waals surface area contributed by atoms with Crippen LogP contribution in [0.5, 0.6) is 0 Å². The Morgan fingerprint density at radius 2 is 1.83 bits per heavy atom. The number of likely N-dealkylation sites (tertiary alicyclic amines) is 1. The molecule has 1 aliphatic carbocycles. The van der Waals surface area contributed by atoms with Gasteiger partial charge in [0, 0.05) is 19.5 Å². The summed E-state index contributed by atoms with van der Waals surface area (Å²) in [6.45, 7) is 5.05. The number of piperidine rings is 1. The highest BCUT2D eigenvalue weighted by Gasteiger charge is 2.26. The van der Waals surface area contributed by atoms with Crippen LogP contribution in [0.1, 0.15) is 51.9 Å². The van der Waals surface area contributed by atoms with E-state index in [0.717, 1.165) is 26.1 Å². The lowest BCUT2D eigenvalue weighted by atomic mass is 9.80. The largest absolute Gasteiger partial charge is 0.342 e. The van der Waals surface area contributed by atoms with Gasteiger partial charge in [-0.1, -0.05) is 6.92 Å². The topological polar surface area (TPSA) is 46.3 Å². The van der Waals surface area contributed by atoms with Crippen LogP contribution in [0.15, 0.2) is 0 Å². The Morgan fingerprint density at radius 3 is 2.44 bits per heavy atom. The van der Waals surface area contributed by atoms with E-state index in [1.54, 1.807) is 0 Å². The molecule has 0 aromatic carbocycles. The van der Waals surface area contributed by atoms with Crippen LogP contribution in [0.2, 0.25) is 0 Å². The molecule has 1 heterocycles. The minimum atomic E-state index is 0.401. The van der Waals surface area contributed by atoms with Crippen molar-refractivity contribution < 1.29 is 4.79 Å². The van der Waals surface area contributed by atoms with Gasteiger partial charge < -0.3 is 10.6 Å². The second-order valence-corrected chi connectivity index (χ2v) is 6.41. The fourth-order valence-corrected chi connectivity index (χ4v) is 3.46. The molecule has 0 aromatic rings. The summed E-state index contributed by atoms with van der Waals surface area (Å²) < 4.78 is 0. The van der Waals surface area contributed by atoms with Gasteiger partial charge in [-0.25, -0.2) is 0 Å². The maximum Gasteiger partial charge on any atom is 0.222 e. The summed E-state index contributed by atoms with van der Waals surface area (Å²) in [4.78, 5) is 14.4. The van der Waals surface area contributed by atoms with Crippen LogP contribution in [0.3, 0.4) is 0 Å². The zero-order valence-corrected chi connectivity index (χ0v) is 11.7. The van der Waals surface area contributed by atoms with Crippen LogP contribution in [-0.4, -0.2) is 30.4 Å². The molecule has 0 radical (unpaired) electrons. The van der Waals surface area contributed by atoms with Crippen LogP contribution in [0.4, 0.5) is 0 Å². The summed E-state index contributed by atoms with van der Waals surface area (Å²) in [5.74, 6) is 2.43. The first-order valence-corrected chi connectivity index (χ1v) is 7.67. The average Bonchev–Trinajstić information content (AvgIpc) is 2.39. The molecular weight excluding hydrogens is 224 g/mol. The Balaban J connectivity index is 1.74. The van der Waals surface area contributed by atoms with Crippen LogP contribution in [-0.2, 0) is 4.79 Å². The van der Waals surface area contributed by atoms with Gasteiger partial charge in [0.25, 0.3) is 0 Å². The number of carbonyl (C=O) groups is 1. The molecule has 2 fully saturated rings. The van der Waals surface area contributed by atoms with E-state index in [0.29, 0.717) is 23.7 Å².